The van der Waals surface area contributed by atoms with Gasteiger partial charge in [0.05, 0.1) is 0 Å². The predicted molar refractivity (Wildman–Crippen MR) is 85.6 cm³/mol. The van der Waals surface area contributed by atoms with E-state index in [-0.39, 0.29) is 0 Å². The average Bonchev–Trinajstić information content (AvgIpc) is 2.40. The van der Waals surface area contributed by atoms with Gasteiger partial charge >= 0.3 is 0 Å². The Hall–Kier alpha value is -1.72. The van der Waals surface area contributed by atoms with E-state index in [1.54, 1.807) is 0 Å². The number of allylic oxidation sites excluding steroid dienone is 5. The third-order valence-corrected chi connectivity index (χ3v) is 3.69. The molecule has 2 rings (SSSR count). The van der Waals surface area contributed by atoms with Crippen molar-refractivity contribution in [3.63, 3.8) is 0 Å². The van der Waals surface area contributed by atoms with E-state index in [9.17, 15) is 0 Å². The Bertz CT molecular complexity index is 510. The summed E-state index contributed by atoms with van der Waals surface area (Å²) in [6.07, 6.45) is 14.8. The molecule has 108 valence electrons. The maximum atomic E-state index is 6.09. The highest BCUT2D eigenvalue weighted by Crippen LogP contribution is 2.26. The molecule has 2 aliphatic rings. The monoisotopic (exact) mass is 289 g/mol. The lowest BCUT2D eigenvalue weighted by atomic mass is 9.99. The summed E-state index contributed by atoms with van der Waals surface area (Å²) >= 11 is 0. The predicted octanol–water partition coefficient (Wildman–Crippen LogP) is 2.74. The molecular weight excluding hydrogens is 266 g/mol. The SMILES string of the molecule is C[Si](C)(C)OC1=C(CN)CC(=CN2C=CC=CN2)C=C1. The molecule has 0 aromatic carbocycles. The minimum Gasteiger partial charge on any atom is -0.544 e. The third-order valence-electron chi connectivity index (χ3n) is 2.86. The zero-order valence-electron chi connectivity index (χ0n) is 12.4. The summed E-state index contributed by atoms with van der Waals surface area (Å²) in [5.41, 5.74) is 11.4. The number of nitrogens with two attached hydrogens (primary N) is 1. The lowest BCUT2D eigenvalue weighted by Crippen LogP contribution is -2.27. The van der Waals surface area contributed by atoms with Crippen LogP contribution in [0.1, 0.15) is 6.42 Å². The molecule has 0 atom stereocenters. The molecule has 5 heteroatoms. The molecule has 0 aromatic rings. The molecule has 0 spiro atoms. The summed E-state index contributed by atoms with van der Waals surface area (Å²) in [4.78, 5) is 0. The zero-order valence-corrected chi connectivity index (χ0v) is 13.4. The quantitative estimate of drug-likeness (QED) is 0.781. The first kappa shape index (κ1) is 14.7. The van der Waals surface area contributed by atoms with Crippen molar-refractivity contribution in [2.24, 2.45) is 5.73 Å². The van der Waals surface area contributed by atoms with E-state index in [1.807, 2.05) is 35.6 Å². The molecule has 0 saturated carbocycles. The lowest BCUT2D eigenvalue weighted by Gasteiger charge is -2.26. The van der Waals surface area contributed by atoms with E-state index in [0.717, 1.165) is 17.8 Å². The van der Waals surface area contributed by atoms with Crippen molar-refractivity contribution in [1.29, 1.82) is 0 Å². The summed E-state index contributed by atoms with van der Waals surface area (Å²) in [7, 11) is -1.59. The van der Waals surface area contributed by atoms with Gasteiger partial charge in [-0.25, -0.2) is 0 Å². The van der Waals surface area contributed by atoms with E-state index in [4.69, 9.17) is 10.2 Å². The van der Waals surface area contributed by atoms with E-state index in [2.05, 4.69) is 37.3 Å². The van der Waals surface area contributed by atoms with Gasteiger partial charge in [-0.2, -0.15) is 0 Å². The molecule has 1 aliphatic carbocycles. The second-order valence-electron chi connectivity index (χ2n) is 5.84. The van der Waals surface area contributed by atoms with Crippen molar-refractivity contribution in [2.45, 2.75) is 26.1 Å². The van der Waals surface area contributed by atoms with Crippen molar-refractivity contribution in [3.05, 3.63) is 59.8 Å². The van der Waals surface area contributed by atoms with Gasteiger partial charge in [0.15, 0.2) is 0 Å². The van der Waals surface area contributed by atoms with Crippen LogP contribution in [0.3, 0.4) is 0 Å². The molecule has 0 saturated heterocycles. The van der Waals surface area contributed by atoms with Crippen LogP contribution in [0.25, 0.3) is 0 Å². The molecule has 4 nitrogen and oxygen atoms in total. The minimum atomic E-state index is -1.59. The first-order valence-electron chi connectivity index (χ1n) is 6.86. The highest BCUT2D eigenvalue weighted by molar-refractivity contribution is 6.70. The number of nitrogens with one attached hydrogen (secondary N) is 1. The highest BCUT2D eigenvalue weighted by Gasteiger charge is 2.20. The van der Waals surface area contributed by atoms with Crippen molar-refractivity contribution in [1.82, 2.24) is 10.4 Å². The maximum absolute atomic E-state index is 6.09. The van der Waals surface area contributed by atoms with Crippen LogP contribution in [0.4, 0.5) is 0 Å². The second-order valence-corrected chi connectivity index (χ2v) is 10.3. The van der Waals surface area contributed by atoms with E-state index in [0.29, 0.717) is 6.54 Å². The van der Waals surface area contributed by atoms with Gasteiger partial charge in [0.25, 0.3) is 0 Å². The van der Waals surface area contributed by atoms with Gasteiger partial charge in [-0.05, 0) is 55.4 Å². The Balaban J connectivity index is 2.10. The van der Waals surface area contributed by atoms with Gasteiger partial charge in [0.1, 0.15) is 5.76 Å². The van der Waals surface area contributed by atoms with Crippen molar-refractivity contribution in [3.8, 4) is 0 Å². The molecule has 0 bridgehead atoms. The fraction of sp³-hybridized carbons (Fsp3) is 0.333. The highest BCUT2D eigenvalue weighted by atomic mass is 28.4. The van der Waals surface area contributed by atoms with Crippen LogP contribution in [0.15, 0.2) is 59.8 Å². The Morgan fingerprint density at radius 2 is 2.15 bits per heavy atom. The molecule has 0 aromatic heterocycles. The van der Waals surface area contributed by atoms with Gasteiger partial charge in [-0.15, -0.1) is 0 Å². The topological polar surface area (TPSA) is 50.5 Å². The van der Waals surface area contributed by atoms with Crippen LogP contribution in [-0.2, 0) is 4.43 Å². The zero-order chi connectivity index (χ0) is 14.6. The van der Waals surface area contributed by atoms with Gasteiger partial charge in [-0.1, -0.05) is 6.08 Å². The van der Waals surface area contributed by atoms with Crippen molar-refractivity contribution >= 4 is 8.32 Å². The number of rotatable bonds is 4. The number of hydrazine groups is 1. The summed E-state index contributed by atoms with van der Waals surface area (Å²) in [5, 5.41) is 1.93. The number of hydrogen-bond acceptors (Lipinski definition) is 4. The Kier molecular flexibility index (Phi) is 4.52. The average molecular weight is 289 g/mol. The minimum absolute atomic E-state index is 0.532. The van der Waals surface area contributed by atoms with E-state index < -0.39 is 8.32 Å². The molecule has 0 unspecified atom stereocenters. The maximum Gasteiger partial charge on any atom is 0.242 e. The van der Waals surface area contributed by atoms with Gasteiger partial charge in [-0.3, -0.25) is 5.01 Å². The van der Waals surface area contributed by atoms with Crippen LogP contribution in [0, 0.1) is 0 Å². The fourth-order valence-electron chi connectivity index (χ4n) is 2.02. The lowest BCUT2D eigenvalue weighted by molar-refractivity contribution is 0.420. The van der Waals surface area contributed by atoms with Crippen molar-refractivity contribution in [2.75, 3.05) is 6.54 Å². The molecule has 3 N–H and O–H groups in total. The molecule has 0 radical (unpaired) electrons. The van der Waals surface area contributed by atoms with Crippen LogP contribution >= 0.6 is 0 Å². The molecule has 1 aliphatic heterocycles. The summed E-state index contributed by atoms with van der Waals surface area (Å²) in [5.74, 6) is 0.964. The Morgan fingerprint density at radius 3 is 2.75 bits per heavy atom. The van der Waals surface area contributed by atoms with Crippen molar-refractivity contribution < 1.29 is 4.43 Å². The van der Waals surface area contributed by atoms with E-state index in [1.165, 1.54) is 5.57 Å². The summed E-state index contributed by atoms with van der Waals surface area (Å²) < 4.78 is 6.09. The van der Waals surface area contributed by atoms with Crippen LogP contribution < -0.4 is 11.2 Å². The van der Waals surface area contributed by atoms with Gasteiger partial charge in [0.2, 0.25) is 8.32 Å². The van der Waals surface area contributed by atoms with Crippen LogP contribution in [-0.4, -0.2) is 19.9 Å². The normalized spacial score (nSPS) is 20.6. The fourth-order valence-corrected chi connectivity index (χ4v) is 2.89. The Morgan fingerprint density at radius 1 is 1.35 bits per heavy atom. The molecular formula is C15H23N3OSi. The number of hydrogen-bond donors (Lipinski definition) is 2. The standard InChI is InChI=1S/C15H23N3OSi/c1-20(2,3)19-15-7-6-13(10-14(15)11-16)12-18-9-5-4-8-17-18/h4-9,12,17H,10-11,16H2,1-3H3. The van der Waals surface area contributed by atoms with Gasteiger partial charge in [0, 0.05) is 25.1 Å². The second kappa shape index (κ2) is 6.15. The molecule has 0 amide bonds. The van der Waals surface area contributed by atoms with Crippen LogP contribution in [0.5, 0.6) is 0 Å². The number of nitrogens with zero attached hydrogens (tertiary/aromatic N) is 1. The smallest absolute Gasteiger partial charge is 0.242 e. The molecule has 20 heavy (non-hydrogen) atoms. The third kappa shape index (κ3) is 4.14. The van der Waals surface area contributed by atoms with Crippen LogP contribution in [0.2, 0.25) is 19.6 Å². The summed E-state index contributed by atoms with van der Waals surface area (Å²) in [6.45, 7) is 7.08. The van der Waals surface area contributed by atoms with E-state index >= 15 is 0 Å². The summed E-state index contributed by atoms with van der Waals surface area (Å²) in [6, 6.07) is 0. The molecule has 0 fully saturated rings. The molecule has 1 heterocycles. The Labute approximate surface area is 122 Å². The first-order chi connectivity index (χ1) is 9.48. The first-order valence-corrected chi connectivity index (χ1v) is 10.3. The largest absolute Gasteiger partial charge is 0.544 e. The van der Waals surface area contributed by atoms with Gasteiger partial charge < -0.3 is 15.6 Å².